The van der Waals surface area contributed by atoms with Gasteiger partial charge in [-0.05, 0) is 32.1 Å². The van der Waals surface area contributed by atoms with Crippen LogP contribution in [-0.2, 0) is 0 Å². The average molecular weight is 289 g/mol. The number of hydrogen-bond donors (Lipinski definition) is 1. The third-order valence-electron chi connectivity index (χ3n) is 3.25. The van der Waals surface area contributed by atoms with Gasteiger partial charge in [0.1, 0.15) is 5.83 Å². The number of aliphatic imine (C=N–C) groups is 1. The summed E-state index contributed by atoms with van der Waals surface area (Å²) in [6.07, 6.45) is 1.65. The molecule has 0 saturated heterocycles. The highest BCUT2D eigenvalue weighted by Crippen LogP contribution is 2.35. The predicted octanol–water partition coefficient (Wildman–Crippen LogP) is 4.04. The molecular formula is C15H12FNO2S. The summed E-state index contributed by atoms with van der Waals surface area (Å²) in [4.78, 5) is 18.2. The fourth-order valence-electron chi connectivity index (χ4n) is 2.35. The Labute approximate surface area is 119 Å². The van der Waals surface area contributed by atoms with E-state index in [0.717, 1.165) is 4.88 Å². The summed E-state index contributed by atoms with van der Waals surface area (Å²) < 4.78 is 13.8. The van der Waals surface area contributed by atoms with Crippen molar-refractivity contribution in [3.05, 3.63) is 56.4 Å². The Kier molecular flexibility index (Phi) is 2.94. The van der Waals surface area contributed by atoms with Crippen molar-refractivity contribution in [2.75, 3.05) is 0 Å². The molecule has 1 aliphatic carbocycles. The second kappa shape index (κ2) is 4.52. The smallest absolute Gasteiger partial charge is 0.207 e. The van der Waals surface area contributed by atoms with Gasteiger partial charge in [-0.25, -0.2) is 4.39 Å². The number of carbonyl (C=O) groups excluding carboxylic acids is 1. The number of hydrogen-bond acceptors (Lipinski definition) is 4. The first-order chi connectivity index (χ1) is 9.47. The Morgan fingerprint density at radius 1 is 1.40 bits per heavy atom. The number of halogens is 1. The van der Waals surface area contributed by atoms with E-state index in [4.69, 9.17) is 0 Å². The third-order valence-corrected chi connectivity index (χ3v) is 4.25. The van der Waals surface area contributed by atoms with Gasteiger partial charge in [-0.1, -0.05) is 0 Å². The fraction of sp³-hybridized carbons (Fsp3) is 0.200. The van der Waals surface area contributed by atoms with Crippen LogP contribution in [0.1, 0.15) is 27.9 Å². The summed E-state index contributed by atoms with van der Waals surface area (Å²) in [6.45, 7) is 3.67. The molecule has 1 aliphatic heterocycles. The Bertz CT molecular complexity index is 750. The van der Waals surface area contributed by atoms with E-state index in [-0.39, 0.29) is 17.8 Å². The lowest BCUT2D eigenvalue weighted by atomic mass is 9.91. The molecule has 20 heavy (non-hydrogen) atoms. The van der Waals surface area contributed by atoms with Crippen molar-refractivity contribution >= 4 is 22.8 Å². The van der Waals surface area contributed by atoms with Crippen LogP contribution in [0.3, 0.4) is 0 Å². The van der Waals surface area contributed by atoms with Crippen LogP contribution in [0.2, 0.25) is 0 Å². The Hall–Kier alpha value is -2.01. The minimum Gasteiger partial charge on any atom is -0.505 e. The first kappa shape index (κ1) is 13.0. The Balaban J connectivity index is 2.16. The second-order valence-electron chi connectivity index (χ2n) is 4.80. The molecule has 0 bridgehead atoms. The number of fused-ring (bicyclic) bond motifs is 1. The maximum atomic E-state index is 13.8. The van der Waals surface area contributed by atoms with Gasteiger partial charge in [-0.2, -0.15) is 0 Å². The number of carbonyl (C=O) groups is 1. The number of nitrogens with zero attached hydrogens (tertiary/aromatic N) is 1. The number of aliphatic hydroxyl groups excluding tert-OH is 1. The maximum absolute atomic E-state index is 13.8. The van der Waals surface area contributed by atoms with Crippen LogP contribution in [0.25, 0.3) is 0 Å². The van der Waals surface area contributed by atoms with Crippen molar-refractivity contribution < 1.29 is 14.3 Å². The van der Waals surface area contributed by atoms with Crippen LogP contribution >= 0.6 is 11.3 Å². The van der Waals surface area contributed by atoms with Crippen molar-refractivity contribution in [1.82, 2.24) is 0 Å². The zero-order valence-corrected chi connectivity index (χ0v) is 11.8. The molecule has 0 radical (unpaired) electrons. The van der Waals surface area contributed by atoms with Crippen LogP contribution < -0.4 is 0 Å². The molecule has 3 rings (SSSR count). The lowest BCUT2D eigenvalue weighted by molar-refractivity contribution is 0.103. The molecule has 0 atom stereocenters. The van der Waals surface area contributed by atoms with Gasteiger partial charge in [0, 0.05) is 22.6 Å². The third kappa shape index (κ3) is 1.94. The topological polar surface area (TPSA) is 49.7 Å². The van der Waals surface area contributed by atoms with Gasteiger partial charge in [0.25, 0.3) is 0 Å². The zero-order chi connectivity index (χ0) is 14.4. The van der Waals surface area contributed by atoms with Gasteiger partial charge in [-0.3, -0.25) is 9.79 Å². The quantitative estimate of drug-likeness (QED) is 0.835. The predicted molar refractivity (Wildman–Crippen MR) is 77.0 cm³/mol. The molecule has 1 aromatic rings. The molecule has 1 aromatic heterocycles. The van der Waals surface area contributed by atoms with Crippen molar-refractivity contribution in [3.63, 3.8) is 0 Å². The molecule has 0 saturated carbocycles. The Morgan fingerprint density at radius 3 is 2.80 bits per heavy atom. The maximum Gasteiger partial charge on any atom is 0.207 e. The van der Waals surface area contributed by atoms with Gasteiger partial charge >= 0.3 is 0 Å². The van der Waals surface area contributed by atoms with Gasteiger partial charge in [0.05, 0.1) is 16.2 Å². The summed E-state index contributed by atoms with van der Waals surface area (Å²) in [7, 11) is 0. The van der Waals surface area contributed by atoms with Crippen LogP contribution in [0.4, 0.5) is 4.39 Å². The molecule has 2 aliphatic rings. The van der Waals surface area contributed by atoms with Crippen molar-refractivity contribution in [1.29, 1.82) is 0 Å². The van der Waals surface area contributed by atoms with Gasteiger partial charge < -0.3 is 5.11 Å². The van der Waals surface area contributed by atoms with Gasteiger partial charge in [-0.15, -0.1) is 11.3 Å². The molecule has 0 spiro atoms. The van der Waals surface area contributed by atoms with Crippen LogP contribution in [0, 0.1) is 6.92 Å². The summed E-state index contributed by atoms with van der Waals surface area (Å²) in [5.41, 5.74) is 1.78. The van der Waals surface area contributed by atoms with Crippen molar-refractivity contribution in [2.24, 2.45) is 4.99 Å². The van der Waals surface area contributed by atoms with Gasteiger partial charge in [0.15, 0.2) is 5.76 Å². The number of allylic oxidation sites excluding steroid dienone is 5. The second-order valence-corrected chi connectivity index (χ2v) is 6.09. The molecular weight excluding hydrogens is 277 g/mol. The Morgan fingerprint density at radius 2 is 2.15 bits per heavy atom. The highest BCUT2D eigenvalue weighted by molar-refractivity contribution is 7.14. The van der Waals surface area contributed by atoms with Crippen molar-refractivity contribution in [3.8, 4) is 0 Å². The number of aryl methyl sites for hydroxylation is 1. The van der Waals surface area contributed by atoms with E-state index in [0.29, 0.717) is 21.9 Å². The minimum absolute atomic E-state index is 0.0196. The molecule has 102 valence electrons. The van der Waals surface area contributed by atoms with E-state index < -0.39 is 11.6 Å². The standard InChI is InChI=1S/C15H12FNO2S/c1-7-5-9-11(17-7)6-10(16)14(18)13(9)15(19)12-4-3-8(2)20-12/h3-5,18H,6H2,1-2H3. The van der Waals surface area contributed by atoms with E-state index in [1.54, 1.807) is 19.1 Å². The molecule has 5 heteroatoms. The number of rotatable bonds is 2. The molecule has 2 heterocycles. The monoisotopic (exact) mass is 289 g/mol. The minimum atomic E-state index is -0.702. The first-order valence-corrected chi connectivity index (χ1v) is 6.98. The molecule has 0 fully saturated rings. The number of Topliss-reactive ketones (excluding diaryl/α,β-unsaturated/α-hetero) is 1. The van der Waals surface area contributed by atoms with E-state index in [9.17, 15) is 14.3 Å². The van der Waals surface area contributed by atoms with E-state index >= 15 is 0 Å². The SMILES string of the molecule is CC1=CC2=C(C(=O)c3ccc(C)s3)C(O)=C(F)CC2=N1. The van der Waals surface area contributed by atoms with Crippen molar-refractivity contribution in [2.45, 2.75) is 20.3 Å². The number of thiophene rings is 1. The largest absolute Gasteiger partial charge is 0.505 e. The number of aliphatic hydroxyl groups is 1. The fourth-order valence-corrected chi connectivity index (χ4v) is 3.17. The average Bonchev–Trinajstić information content (AvgIpc) is 2.95. The van der Waals surface area contributed by atoms with Crippen LogP contribution in [0.15, 0.2) is 51.6 Å². The first-order valence-electron chi connectivity index (χ1n) is 6.17. The van der Waals surface area contributed by atoms with Crippen LogP contribution in [0.5, 0.6) is 0 Å². The highest BCUT2D eigenvalue weighted by atomic mass is 32.1. The lowest BCUT2D eigenvalue weighted by Gasteiger charge is -2.16. The lowest BCUT2D eigenvalue weighted by Crippen LogP contribution is -2.17. The van der Waals surface area contributed by atoms with Crippen LogP contribution in [-0.4, -0.2) is 16.6 Å². The summed E-state index contributed by atoms with van der Waals surface area (Å²) in [5.74, 6) is -1.61. The molecule has 0 aromatic carbocycles. The van der Waals surface area contributed by atoms with E-state index in [1.807, 2.05) is 13.0 Å². The van der Waals surface area contributed by atoms with Gasteiger partial charge in [0.2, 0.25) is 5.78 Å². The molecule has 1 N–H and O–H groups in total. The molecule has 0 amide bonds. The molecule has 3 nitrogen and oxygen atoms in total. The van der Waals surface area contributed by atoms with E-state index in [2.05, 4.69) is 4.99 Å². The zero-order valence-electron chi connectivity index (χ0n) is 11.0. The number of ketones is 1. The highest BCUT2D eigenvalue weighted by Gasteiger charge is 2.32. The summed E-state index contributed by atoms with van der Waals surface area (Å²) in [5, 5.41) is 9.96. The van der Waals surface area contributed by atoms with E-state index in [1.165, 1.54) is 11.3 Å². The summed E-state index contributed by atoms with van der Waals surface area (Å²) in [6, 6.07) is 3.52. The normalized spacial score (nSPS) is 18.1. The molecule has 0 unspecified atom stereocenters. The summed E-state index contributed by atoms with van der Waals surface area (Å²) >= 11 is 1.33.